The van der Waals surface area contributed by atoms with Gasteiger partial charge >= 0.3 is 5.97 Å². The highest BCUT2D eigenvalue weighted by Crippen LogP contribution is 2.65. The maximum absolute atomic E-state index is 10.6. The molecule has 1 N–H and O–H groups in total. The van der Waals surface area contributed by atoms with E-state index in [2.05, 4.69) is 31.9 Å². The summed E-state index contributed by atoms with van der Waals surface area (Å²) in [5.41, 5.74) is 0. The van der Waals surface area contributed by atoms with Crippen LogP contribution < -0.4 is 0 Å². The predicted molar refractivity (Wildman–Crippen MR) is 45.8 cm³/mol. The van der Waals surface area contributed by atoms with Gasteiger partial charge in [0, 0.05) is 5.92 Å². The first-order valence-corrected chi connectivity index (χ1v) is 4.55. The monoisotopic (exact) mass is 270 g/mol. The minimum Gasteiger partial charge on any atom is -0.480 e. The van der Waals surface area contributed by atoms with E-state index in [1.54, 1.807) is 0 Å². The Morgan fingerprint density at radius 3 is 1.90 bits per heavy atom. The molecule has 0 aromatic carbocycles. The molecule has 1 saturated carbocycles. The first-order valence-electron chi connectivity index (χ1n) is 2.96. The van der Waals surface area contributed by atoms with E-state index in [0.29, 0.717) is 0 Å². The Bertz CT molecular complexity index is 190. The molecule has 0 radical (unpaired) electrons. The van der Waals surface area contributed by atoms with Crippen molar-refractivity contribution in [2.24, 2.45) is 5.92 Å². The molecule has 0 heterocycles. The lowest BCUT2D eigenvalue weighted by atomic mass is 10.3. The van der Waals surface area contributed by atoms with Crippen molar-refractivity contribution >= 4 is 37.8 Å². The number of carboxylic acids is 1. The molecule has 10 heavy (non-hydrogen) atoms. The molecule has 1 aliphatic rings. The van der Waals surface area contributed by atoms with Crippen LogP contribution in [0.2, 0.25) is 0 Å². The van der Waals surface area contributed by atoms with Crippen LogP contribution >= 0.6 is 31.9 Å². The number of carbonyl (C=O) groups is 1. The highest BCUT2D eigenvalue weighted by Gasteiger charge is 2.74. The molecule has 3 atom stereocenters. The zero-order valence-electron chi connectivity index (χ0n) is 5.69. The molecular formula is C6H8Br2O2. The first-order chi connectivity index (χ1) is 4.35. The summed E-state index contributed by atoms with van der Waals surface area (Å²) in [7, 11) is 0. The molecule has 0 spiro atoms. The number of halogens is 2. The minimum absolute atomic E-state index is 0.137. The molecular weight excluding hydrogens is 264 g/mol. The predicted octanol–water partition coefficient (Wildman–Crippen LogP) is 2.01. The van der Waals surface area contributed by atoms with Gasteiger partial charge in [0.05, 0.1) is 4.32 Å². The minimum atomic E-state index is -0.792. The summed E-state index contributed by atoms with van der Waals surface area (Å²) in [6.07, 6.45) is 0. The van der Waals surface area contributed by atoms with Crippen LogP contribution in [0.4, 0.5) is 0 Å². The lowest BCUT2D eigenvalue weighted by molar-refractivity contribution is -0.137. The van der Waals surface area contributed by atoms with Gasteiger partial charge in [-0.3, -0.25) is 4.79 Å². The van der Waals surface area contributed by atoms with Crippen LogP contribution in [0.3, 0.4) is 0 Å². The van der Waals surface area contributed by atoms with E-state index < -0.39 is 10.3 Å². The summed E-state index contributed by atoms with van der Waals surface area (Å²) in [6.45, 7) is 3.78. The van der Waals surface area contributed by atoms with Crippen molar-refractivity contribution in [2.45, 2.75) is 22.5 Å². The number of hydrogen-bond donors (Lipinski definition) is 1. The molecule has 58 valence electrons. The molecule has 0 aromatic heterocycles. The number of rotatable bonds is 1. The van der Waals surface area contributed by atoms with E-state index in [0.717, 1.165) is 0 Å². The standard InChI is InChI=1S/C6H8Br2O2/c1-3-5(2,7)6(3,8)4(9)10/h3H,1-2H3,(H,9,10). The van der Waals surface area contributed by atoms with Gasteiger partial charge in [0.2, 0.25) is 0 Å². The first kappa shape index (κ1) is 8.53. The number of aliphatic carboxylic acids is 1. The molecule has 1 fully saturated rings. The second-order valence-electron chi connectivity index (χ2n) is 2.81. The number of alkyl halides is 2. The second kappa shape index (κ2) is 1.97. The third kappa shape index (κ3) is 0.720. The van der Waals surface area contributed by atoms with Crippen molar-refractivity contribution in [3.05, 3.63) is 0 Å². The van der Waals surface area contributed by atoms with Gasteiger partial charge in [0.15, 0.2) is 0 Å². The van der Waals surface area contributed by atoms with Crippen LogP contribution in [0.15, 0.2) is 0 Å². The Hall–Kier alpha value is 0.430. The summed E-state index contributed by atoms with van der Waals surface area (Å²) in [5, 5.41) is 8.74. The summed E-state index contributed by atoms with van der Waals surface area (Å²) < 4.78 is -1.04. The zero-order chi connectivity index (χ0) is 8.15. The molecule has 4 heteroatoms. The topological polar surface area (TPSA) is 37.3 Å². The van der Waals surface area contributed by atoms with Crippen molar-refractivity contribution in [3.8, 4) is 0 Å². The van der Waals surface area contributed by atoms with Crippen molar-refractivity contribution in [1.29, 1.82) is 0 Å². The summed E-state index contributed by atoms with van der Waals surface area (Å²) >= 11 is 6.54. The van der Waals surface area contributed by atoms with Crippen LogP contribution in [0.5, 0.6) is 0 Å². The van der Waals surface area contributed by atoms with E-state index >= 15 is 0 Å². The number of hydrogen-bond acceptors (Lipinski definition) is 1. The quantitative estimate of drug-likeness (QED) is 0.741. The number of carboxylic acid groups (broad SMARTS) is 1. The Labute approximate surface area is 76.2 Å². The second-order valence-corrected chi connectivity index (χ2v) is 5.71. The van der Waals surface area contributed by atoms with Gasteiger partial charge in [-0.2, -0.15) is 0 Å². The Kier molecular flexibility index (Phi) is 1.68. The van der Waals surface area contributed by atoms with Crippen molar-refractivity contribution in [3.63, 3.8) is 0 Å². The lowest BCUT2D eigenvalue weighted by Gasteiger charge is -2.02. The van der Waals surface area contributed by atoms with Gasteiger partial charge in [-0.1, -0.05) is 38.8 Å². The van der Waals surface area contributed by atoms with Crippen molar-refractivity contribution in [1.82, 2.24) is 0 Å². The maximum atomic E-state index is 10.6. The molecule has 0 saturated heterocycles. The van der Waals surface area contributed by atoms with E-state index in [9.17, 15) is 4.79 Å². The fraction of sp³-hybridized carbons (Fsp3) is 0.833. The lowest BCUT2D eigenvalue weighted by Crippen LogP contribution is -2.22. The van der Waals surface area contributed by atoms with E-state index in [1.807, 2.05) is 13.8 Å². The van der Waals surface area contributed by atoms with Gasteiger partial charge in [-0.05, 0) is 6.92 Å². The van der Waals surface area contributed by atoms with Crippen molar-refractivity contribution in [2.75, 3.05) is 0 Å². The van der Waals surface area contributed by atoms with Gasteiger partial charge in [0.1, 0.15) is 4.32 Å². The Balaban J connectivity index is 2.88. The van der Waals surface area contributed by atoms with Gasteiger partial charge < -0.3 is 5.11 Å². The maximum Gasteiger partial charge on any atom is 0.322 e. The van der Waals surface area contributed by atoms with Gasteiger partial charge in [-0.25, -0.2) is 0 Å². The molecule has 0 aromatic rings. The molecule has 0 amide bonds. The fourth-order valence-electron chi connectivity index (χ4n) is 1.14. The molecule has 2 nitrogen and oxygen atoms in total. The smallest absolute Gasteiger partial charge is 0.322 e. The van der Waals surface area contributed by atoms with E-state index in [1.165, 1.54) is 0 Å². The van der Waals surface area contributed by atoms with Gasteiger partial charge in [-0.15, -0.1) is 0 Å². The SMILES string of the molecule is CC1C(C)(Br)C1(Br)C(=O)O. The average molecular weight is 272 g/mol. The van der Waals surface area contributed by atoms with Crippen LogP contribution in [0.25, 0.3) is 0 Å². The van der Waals surface area contributed by atoms with Crippen LogP contribution in [-0.2, 0) is 4.79 Å². The summed E-state index contributed by atoms with van der Waals surface area (Å²) in [4.78, 5) is 10.6. The van der Waals surface area contributed by atoms with Crippen LogP contribution in [-0.4, -0.2) is 19.7 Å². The third-order valence-corrected chi connectivity index (χ3v) is 6.04. The molecule has 0 aliphatic heterocycles. The molecule has 1 aliphatic carbocycles. The fourth-order valence-corrected chi connectivity index (χ4v) is 2.88. The molecule has 1 rings (SSSR count). The molecule has 0 bridgehead atoms. The van der Waals surface area contributed by atoms with Crippen molar-refractivity contribution < 1.29 is 9.90 Å². The zero-order valence-corrected chi connectivity index (χ0v) is 8.86. The third-order valence-electron chi connectivity index (χ3n) is 2.35. The molecule has 3 unspecified atom stereocenters. The highest BCUT2D eigenvalue weighted by molar-refractivity contribution is 9.13. The van der Waals surface area contributed by atoms with E-state index in [4.69, 9.17) is 5.11 Å². The van der Waals surface area contributed by atoms with Gasteiger partial charge in [0.25, 0.3) is 0 Å². The highest BCUT2D eigenvalue weighted by atomic mass is 79.9. The van der Waals surface area contributed by atoms with Crippen LogP contribution in [0, 0.1) is 5.92 Å². The summed E-state index contributed by atoms with van der Waals surface area (Å²) in [5.74, 6) is -0.656. The van der Waals surface area contributed by atoms with Crippen LogP contribution in [0.1, 0.15) is 13.8 Å². The van der Waals surface area contributed by atoms with E-state index in [-0.39, 0.29) is 10.2 Å². The summed E-state index contributed by atoms with van der Waals surface area (Å²) in [6, 6.07) is 0. The largest absolute Gasteiger partial charge is 0.480 e. The Morgan fingerprint density at radius 2 is 1.90 bits per heavy atom. The normalized spacial score (nSPS) is 52.6. The Morgan fingerprint density at radius 1 is 1.60 bits per heavy atom. The average Bonchev–Trinajstić information content (AvgIpc) is 2.16.